The van der Waals surface area contributed by atoms with Crippen LogP contribution in [0.2, 0.25) is 0 Å². The predicted octanol–water partition coefficient (Wildman–Crippen LogP) is 3.04. The zero-order valence-electron chi connectivity index (χ0n) is 10.2. The summed E-state index contributed by atoms with van der Waals surface area (Å²) in [6.45, 7) is 3.63. The Morgan fingerprint density at radius 3 is 2.72 bits per heavy atom. The van der Waals surface area contributed by atoms with Gasteiger partial charge in [0.1, 0.15) is 17.1 Å². The lowest BCUT2D eigenvalue weighted by Crippen LogP contribution is -2.22. The van der Waals surface area contributed by atoms with Crippen molar-refractivity contribution in [3.05, 3.63) is 35.1 Å². The Balaban J connectivity index is 2.81. The van der Waals surface area contributed by atoms with Crippen molar-refractivity contribution in [2.75, 3.05) is 0 Å². The summed E-state index contributed by atoms with van der Waals surface area (Å²) >= 11 is 1.18. The lowest BCUT2D eigenvalue weighted by atomic mass is 10.1. The maximum absolute atomic E-state index is 13.7. The van der Waals surface area contributed by atoms with E-state index in [0.29, 0.717) is 5.56 Å². The maximum atomic E-state index is 13.7. The van der Waals surface area contributed by atoms with Crippen LogP contribution in [0.25, 0.3) is 0 Å². The molecule has 0 heterocycles. The Labute approximate surface area is 110 Å². The number of nitrogens with zero attached hydrogens (tertiary/aromatic N) is 1. The van der Waals surface area contributed by atoms with Crippen LogP contribution in [0.5, 0.6) is 0 Å². The van der Waals surface area contributed by atoms with E-state index in [4.69, 9.17) is 10.4 Å². The van der Waals surface area contributed by atoms with Crippen LogP contribution in [0.1, 0.15) is 25.0 Å². The molecule has 0 radical (unpaired) electrons. The predicted molar refractivity (Wildman–Crippen MR) is 68.7 cm³/mol. The topological polar surface area (TPSA) is 61.1 Å². The molecular formula is C13H14FNO2S. The van der Waals surface area contributed by atoms with E-state index >= 15 is 0 Å². The molecule has 0 aromatic heterocycles. The molecule has 96 valence electrons. The number of carbonyl (C=O) groups is 1. The summed E-state index contributed by atoms with van der Waals surface area (Å²) in [5, 5.41) is 17.2. The van der Waals surface area contributed by atoms with E-state index in [-0.39, 0.29) is 17.2 Å². The largest absolute Gasteiger partial charge is 0.480 e. The van der Waals surface area contributed by atoms with Crippen LogP contribution in [0.4, 0.5) is 4.39 Å². The molecule has 1 atom stereocenters. The Bertz CT molecular complexity index is 482. The molecule has 1 aromatic carbocycles. The molecule has 0 bridgehead atoms. The number of aliphatic carboxylic acids is 1. The van der Waals surface area contributed by atoms with Crippen molar-refractivity contribution < 1.29 is 14.3 Å². The first-order valence-electron chi connectivity index (χ1n) is 5.49. The van der Waals surface area contributed by atoms with Gasteiger partial charge in [-0.3, -0.25) is 4.79 Å². The molecule has 18 heavy (non-hydrogen) atoms. The van der Waals surface area contributed by atoms with E-state index in [1.807, 2.05) is 13.8 Å². The molecule has 5 heteroatoms. The summed E-state index contributed by atoms with van der Waals surface area (Å²) in [7, 11) is 0. The second-order valence-electron chi connectivity index (χ2n) is 4.20. The van der Waals surface area contributed by atoms with Crippen molar-refractivity contribution in [3.63, 3.8) is 0 Å². The zero-order chi connectivity index (χ0) is 13.7. The van der Waals surface area contributed by atoms with Crippen LogP contribution in [-0.2, 0) is 10.5 Å². The minimum atomic E-state index is -0.896. The molecule has 1 N–H and O–H groups in total. The molecule has 0 aliphatic heterocycles. The van der Waals surface area contributed by atoms with E-state index in [0.717, 1.165) is 0 Å². The first-order valence-corrected chi connectivity index (χ1v) is 6.54. The minimum Gasteiger partial charge on any atom is -0.480 e. The van der Waals surface area contributed by atoms with Gasteiger partial charge in [0.25, 0.3) is 0 Å². The van der Waals surface area contributed by atoms with Crippen molar-refractivity contribution in [2.45, 2.75) is 24.9 Å². The number of thioether (sulfide) groups is 1. The number of hydrogen-bond acceptors (Lipinski definition) is 3. The van der Waals surface area contributed by atoms with Crippen molar-refractivity contribution in [1.29, 1.82) is 5.26 Å². The minimum absolute atomic E-state index is 0.00970. The molecule has 0 aliphatic rings. The molecule has 3 nitrogen and oxygen atoms in total. The standard InChI is InChI=1S/C13H14FNO2S/c1-8(2)12(13(16)17)18-7-10-5-3-4-9(6-15)11(10)14/h3-5,8,12H,7H2,1-2H3,(H,16,17). The normalized spacial score (nSPS) is 12.2. The van der Waals surface area contributed by atoms with Crippen molar-refractivity contribution in [2.24, 2.45) is 5.92 Å². The molecule has 0 fully saturated rings. The number of nitriles is 1. The highest BCUT2D eigenvalue weighted by Gasteiger charge is 2.22. The van der Waals surface area contributed by atoms with Gasteiger partial charge in [-0.1, -0.05) is 26.0 Å². The van der Waals surface area contributed by atoms with Crippen molar-refractivity contribution in [1.82, 2.24) is 0 Å². The van der Waals surface area contributed by atoms with E-state index in [2.05, 4.69) is 0 Å². The number of rotatable bonds is 5. The number of carboxylic acid groups (broad SMARTS) is 1. The molecular weight excluding hydrogens is 253 g/mol. The average Bonchev–Trinajstić information content (AvgIpc) is 2.30. The van der Waals surface area contributed by atoms with Crippen LogP contribution in [-0.4, -0.2) is 16.3 Å². The fourth-order valence-electron chi connectivity index (χ4n) is 1.51. The number of halogens is 1. The number of benzene rings is 1. The molecule has 0 saturated carbocycles. The summed E-state index contributed by atoms with van der Waals surface area (Å²) in [5.41, 5.74) is 0.357. The van der Waals surface area contributed by atoms with E-state index < -0.39 is 17.0 Å². The number of hydrogen-bond donors (Lipinski definition) is 1. The van der Waals surface area contributed by atoms with Gasteiger partial charge in [0.05, 0.1) is 5.56 Å². The van der Waals surface area contributed by atoms with Gasteiger partial charge in [-0.2, -0.15) is 5.26 Å². The van der Waals surface area contributed by atoms with Gasteiger partial charge in [-0.05, 0) is 17.5 Å². The fourth-order valence-corrected chi connectivity index (χ4v) is 2.62. The van der Waals surface area contributed by atoms with Gasteiger partial charge in [0, 0.05) is 5.75 Å². The van der Waals surface area contributed by atoms with Gasteiger partial charge in [0.2, 0.25) is 0 Å². The highest BCUT2D eigenvalue weighted by molar-refractivity contribution is 7.99. The molecule has 1 unspecified atom stereocenters. The van der Waals surface area contributed by atoms with E-state index in [9.17, 15) is 9.18 Å². The third-order valence-electron chi connectivity index (χ3n) is 2.47. The molecule has 0 amide bonds. The molecule has 1 rings (SSSR count). The summed E-state index contributed by atoms with van der Waals surface area (Å²) < 4.78 is 13.7. The maximum Gasteiger partial charge on any atom is 0.316 e. The third-order valence-corrected chi connectivity index (χ3v) is 4.05. The van der Waals surface area contributed by atoms with Crippen LogP contribution in [0, 0.1) is 23.1 Å². The fraction of sp³-hybridized carbons (Fsp3) is 0.385. The van der Waals surface area contributed by atoms with Gasteiger partial charge in [0.15, 0.2) is 0 Å². The van der Waals surface area contributed by atoms with Crippen LogP contribution >= 0.6 is 11.8 Å². The zero-order valence-corrected chi connectivity index (χ0v) is 11.0. The SMILES string of the molecule is CC(C)C(SCc1cccc(C#N)c1F)C(=O)O. The smallest absolute Gasteiger partial charge is 0.316 e. The molecule has 0 aliphatic carbocycles. The summed E-state index contributed by atoms with van der Waals surface area (Å²) in [6.07, 6.45) is 0. The molecule has 0 saturated heterocycles. The second-order valence-corrected chi connectivity index (χ2v) is 5.33. The first kappa shape index (κ1) is 14.5. The monoisotopic (exact) mass is 267 g/mol. The Kier molecular flexibility index (Phi) is 5.17. The van der Waals surface area contributed by atoms with Crippen molar-refractivity contribution >= 4 is 17.7 Å². The van der Waals surface area contributed by atoms with Gasteiger partial charge >= 0.3 is 5.97 Å². The van der Waals surface area contributed by atoms with Crippen LogP contribution in [0.15, 0.2) is 18.2 Å². The first-order chi connectivity index (χ1) is 8.47. The molecule has 1 aromatic rings. The highest BCUT2D eigenvalue weighted by atomic mass is 32.2. The van der Waals surface area contributed by atoms with E-state index in [1.54, 1.807) is 18.2 Å². The van der Waals surface area contributed by atoms with Gasteiger partial charge < -0.3 is 5.11 Å². The van der Waals surface area contributed by atoms with E-state index in [1.165, 1.54) is 17.8 Å². The Morgan fingerprint density at radius 2 is 2.22 bits per heavy atom. The summed E-state index contributed by atoms with van der Waals surface area (Å²) in [5.74, 6) is -1.24. The Morgan fingerprint density at radius 1 is 1.56 bits per heavy atom. The third kappa shape index (κ3) is 3.47. The lowest BCUT2D eigenvalue weighted by molar-refractivity contribution is -0.137. The average molecular weight is 267 g/mol. The second kappa shape index (κ2) is 6.41. The summed E-state index contributed by atoms with van der Waals surface area (Å²) in [4.78, 5) is 11.0. The Hall–Kier alpha value is -1.54. The van der Waals surface area contributed by atoms with Gasteiger partial charge in [-0.15, -0.1) is 11.8 Å². The van der Waals surface area contributed by atoms with Crippen LogP contribution in [0.3, 0.4) is 0 Å². The quantitative estimate of drug-likeness (QED) is 0.890. The lowest BCUT2D eigenvalue weighted by Gasteiger charge is -2.15. The summed E-state index contributed by atoms with van der Waals surface area (Å²) in [6, 6.07) is 6.34. The van der Waals surface area contributed by atoms with Crippen LogP contribution < -0.4 is 0 Å². The molecule has 0 spiro atoms. The number of carboxylic acids is 1. The van der Waals surface area contributed by atoms with Gasteiger partial charge in [-0.25, -0.2) is 4.39 Å². The van der Waals surface area contributed by atoms with Crippen molar-refractivity contribution in [3.8, 4) is 6.07 Å². The highest BCUT2D eigenvalue weighted by Crippen LogP contribution is 2.26.